The lowest BCUT2D eigenvalue weighted by Gasteiger charge is -2.19. The van der Waals surface area contributed by atoms with Gasteiger partial charge in [0.1, 0.15) is 0 Å². The zero-order valence-corrected chi connectivity index (χ0v) is 14.7. The summed E-state index contributed by atoms with van der Waals surface area (Å²) in [5, 5.41) is 11.2. The van der Waals surface area contributed by atoms with Gasteiger partial charge in [0.2, 0.25) is 16.9 Å². The van der Waals surface area contributed by atoms with Crippen LogP contribution in [-0.2, 0) is 9.59 Å². The lowest BCUT2D eigenvalue weighted by Crippen LogP contribution is -2.34. The zero-order chi connectivity index (χ0) is 16.1. The summed E-state index contributed by atoms with van der Waals surface area (Å²) in [6.07, 6.45) is 0.566. The predicted octanol–water partition coefficient (Wildman–Crippen LogP) is 0.999. The van der Waals surface area contributed by atoms with Crippen molar-refractivity contribution in [2.75, 3.05) is 44.8 Å². The number of hydrogen-bond donors (Lipinski definition) is 1. The Balaban J connectivity index is 1.75. The van der Waals surface area contributed by atoms with Gasteiger partial charge >= 0.3 is 0 Å². The van der Waals surface area contributed by atoms with Crippen molar-refractivity contribution in [1.29, 1.82) is 0 Å². The molecule has 1 aromatic rings. The summed E-state index contributed by atoms with van der Waals surface area (Å²) in [7, 11) is 3.71. The summed E-state index contributed by atoms with van der Waals surface area (Å²) in [6.45, 7) is 3.82. The van der Waals surface area contributed by atoms with E-state index in [0.29, 0.717) is 17.5 Å². The second-order valence-electron chi connectivity index (χ2n) is 5.40. The van der Waals surface area contributed by atoms with Crippen LogP contribution in [0.15, 0.2) is 4.34 Å². The SMILES string of the molecule is CCSc1nnc(NC(=O)CN(C)CC2CC(=O)N(C)C2)s1. The maximum Gasteiger partial charge on any atom is 0.240 e. The van der Waals surface area contributed by atoms with Crippen LogP contribution in [-0.4, -0.2) is 71.3 Å². The Labute approximate surface area is 138 Å². The van der Waals surface area contributed by atoms with E-state index in [4.69, 9.17) is 0 Å². The quantitative estimate of drug-likeness (QED) is 0.588. The molecule has 0 spiro atoms. The molecular formula is C13H21N5O2S2. The zero-order valence-electron chi connectivity index (χ0n) is 13.0. The molecule has 1 unspecified atom stereocenters. The number of amides is 2. The van der Waals surface area contributed by atoms with Gasteiger partial charge in [0, 0.05) is 26.6 Å². The molecule has 0 bridgehead atoms. The minimum absolute atomic E-state index is 0.107. The van der Waals surface area contributed by atoms with E-state index in [-0.39, 0.29) is 18.4 Å². The number of rotatable bonds is 7. The van der Waals surface area contributed by atoms with Crippen LogP contribution in [0.1, 0.15) is 13.3 Å². The maximum atomic E-state index is 12.0. The van der Waals surface area contributed by atoms with Crippen LogP contribution >= 0.6 is 23.1 Å². The van der Waals surface area contributed by atoms with Crippen molar-refractivity contribution in [3.63, 3.8) is 0 Å². The third-order valence-corrected chi connectivity index (χ3v) is 5.18. The fraction of sp³-hybridized carbons (Fsp3) is 0.692. The average Bonchev–Trinajstić information content (AvgIpc) is 2.97. The number of thioether (sulfide) groups is 1. The molecule has 1 aliphatic rings. The number of carbonyl (C=O) groups excluding carboxylic acids is 2. The van der Waals surface area contributed by atoms with E-state index >= 15 is 0 Å². The highest BCUT2D eigenvalue weighted by Crippen LogP contribution is 2.24. The summed E-state index contributed by atoms with van der Waals surface area (Å²) < 4.78 is 0.860. The fourth-order valence-corrected chi connectivity index (χ4v) is 4.10. The summed E-state index contributed by atoms with van der Waals surface area (Å²) in [5.74, 6) is 1.30. The Kier molecular flexibility index (Phi) is 6.16. The molecule has 22 heavy (non-hydrogen) atoms. The van der Waals surface area contributed by atoms with Crippen molar-refractivity contribution >= 4 is 40.0 Å². The number of likely N-dealkylation sites (N-methyl/N-ethyl adjacent to an activating group) is 1. The standard InChI is InChI=1S/C13H21N5O2S2/c1-4-21-13-16-15-12(22-13)14-10(19)8-17(2)6-9-5-11(20)18(3)7-9/h9H,4-8H2,1-3H3,(H,14,15,19). The first kappa shape index (κ1) is 17.2. The fourth-order valence-electron chi connectivity index (χ4n) is 2.43. The summed E-state index contributed by atoms with van der Waals surface area (Å²) in [6, 6.07) is 0. The first-order chi connectivity index (χ1) is 10.5. The Morgan fingerprint density at radius 1 is 1.55 bits per heavy atom. The van der Waals surface area contributed by atoms with Crippen LogP contribution in [0.2, 0.25) is 0 Å². The molecule has 9 heteroatoms. The predicted molar refractivity (Wildman–Crippen MR) is 88.2 cm³/mol. The van der Waals surface area contributed by atoms with E-state index < -0.39 is 0 Å². The van der Waals surface area contributed by atoms with E-state index in [9.17, 15) is 9.59 Å². The molecule has 1 aliphatic heterocycles. The van der Waals surface area contributed by atoms with Gasteiger partial charge in [-0.05, 0) is 18.7 Å². The smallest absolute Gasteiger partial charge is 0.240 e. The van der Waals surface area contributed by atoms with Crippen LogP contribution in [0.4, 0.5) is 5.13 Å². The molecule has 0 aliphatic carbocycles. The second-order valence-corrected chi connectivity index (χ2v) is 7.88. The third kappa shape index (κ3) is 4.92. The Hall–Kier alpha value is -1.19. The summed E-state index contributed by atoms with van der Waals surface area (Å²) in [5.41, 5.74) is 0. The van der Waals surface area contributed by atoms with Crippen LogP contribution in [0.3, 0.4) is 0 Å². The molecule has 2 amide bonds. The van der Waals surface area contributed by atoms with Crippen molar-refractivity contribution in [2.45, 2.75) is 17.7 Å². The molecule has 2 heterocycles. The molecule has 0 aromatic carbocycles. The Morgan fingerprint density at radius 3 is 2.95 bits per heavy atom. The van der Waals surface area contributed by atoms with E-state index in [1.54, 1.807) is 16.7 Å². The molecule has 0 saturated carbocycles. The van der Waals surface area contributed by atoms with Crippen molar-refractivity contribution < 1.29 is 9.59 Å². The maximum absolute atomic E-state index is 12.0. The third-order valence-electron chi connectivity index (χ3n) is 3.33. The first-order valence-corrected chi connectivity index (χ1v) is 8.96. The number of nitrogens with zero attached hydrogens (tertiary/aromatic N) is 4. The van der Waals surface area contributed by atoms with Gasteiger partial charge in [-0.25, -0.2) is 0 Å². The number of anilines is 1. The molecule has 2 rings (SSSR count). The number of hydrogen-bond acceptors (Lipinski definition) is 7. The minimum atomic E-state index is -0.107. The number of carbonyl (C=O) groups is 2. The van der Waals surface area contributed by atoms with Crippen molar-refractivity contribution in [1.82, 2.24) is 20.0 Å². The number of likely N-dealkylation sites (tertiary alicyclic amines) is 1. The Bertz CT molecular complexity index is 536. The topological polar surface area (TPSA) is 78.4 Å². The molecule has 1 aromatic heterocycles. The first-order valence-electron chi connectivity index (χ1n) is 7.16. The van der Waals surface area contributed by atoms with Gasteiger partial charge in [0.25, 0.3) is 0 Å². The molecule has 122 valence electrons. The summed E-state index contributed by atoms with van der Waals surface area (Å²) in [4.78, 5) is 27.2. The molecule has 1 N–H and O–H groups in total. The molecule has 7 nitrogen and oxygen atoms in total. The largest absolute Gasteiger partial charge is 0.345 e. The molecular weight excluding hydrogens is 322 g/mol. The lowest BCUT2D eigenvalue weighted by molar-refractivity contribution is -0.126. The molecule has 1 fully saturated rings. The van der Waals surface area contributed by atoms with Crippen LogP contribution < -0.4 is 5.32 Å². The van der Waals surface area contributed by atoms with Gasteiger partial charge in [-0.2, -0.15) is 0 Å². The lowest BCUT2D eigenvalue weighted by atomic mass is 10.1. The number of nitrogens with one attached hydrogen (secondary N) is 1. The highest BCUT2D eigenvalue weighted by atomic mass is 32.2. The van der Waals surface area contributed by atoms with Gasteiger partial charge in [0.05, 0.1) is 6.54 Å². The average molecular weight is 343 g/mol. The van der Waals surface area contributed by atoms with Crippen molar-refractivity contribution in [3.05, 3.63) is 0 Å². The van der Waals surface area contributed by atoms with Crippen LogP contribution in [0, 0.1) is 5.92 Å². The van der Waals surface area contributed by atoms with Gasteiger partial charge < -0.3 is 4.90 Å². The minimum Gasteiger partial charge on any atom is -0.345 e. The summed E-state index contributed by atoms with van der Waals surface area (Å²) >= 11 is 2.99. The molecule has 0 radical (unpaired) electrons. The van der Waals surface area contributed by atoms with Gasteiger partial charge in [-0.15, -0.1) is 10.2 Å². The molecule has 1 atom stereocenters. The second kappa shape index (κ2) is 7.89. The van der Waals surface area contributed by atoms with Crippen molar-refractivity contribution in [2.24, 2.45) is 5.92 Å². The molecule has 1 saturated heterocycles. The van der Waals surface area contributed by atoms with E-state index in [1.165, 1.54) is 11.3 Å². The van der Waals surface area contributed by atoms with Crippen LogP contribution in [0.5, 0.6) is 0 Å². The highest BCUT2D eigenvalue weighted by molar-refractivity contribution is 8.01. The van der Waals surface area contributed by atoms with E-state index in [1.807, 2.05) is 25.9 Å². The number of aromatic nitrogens is 2. The van der Waals surface area contributed by atoms with Gasteiger partial charge in [0.15, 0.2) is 4.34 Å². The normalized spacial score (nSPS) is 18.3. The van der Waals surface area contributed by atoms with Crippen molar-refractivity contribution in [3.8, 4) is 0 Å². The van der Waals surface area contributed by atoms with Gasteiger partial charge in [-0.1, -0.05) is 30.0 Å². The van der Waals surface area contributed by atoms with E-state index in [2.05, 4.69) is 15.5 Å². The highest BCUT2D eigenvalue weighted by Gasteiger charge is 2.27. The van der Waals surface area contributed by atoms with E-state index in [0.717, 1.165) is 23.2 Å². The monoisotopic (exact) mass is 343 g/mol. The van der Waals surface area contributed by atoms with Gasteiger partial charge in [-0.3, -0.25) is 19.8 Å². The Morgan fingerprint density at radius 2 is 2.32 bits per heavy atom. The van der Waals surface area contributed by atoms with Crippen LogP contribution in [0.25, 0.3) is 0 Å².